The van der Waals surface area contributed by atoms with Crippen LogP contribution < -0.4 is 5.32 Å². The quantitative estimate of drug-likeness (QED) is 0.839. The number of nitrogens with one attached hydrogen (secondary N) is 2. The van der Waals surface area contributed by atoms with Gasteiger partial charge in [0, 0.05) is 23.7 Å². The van der Waals surface area contributed by atoms with Crippen molar-refractivity contribution in [1.82, 2.24) is 19.9 Å². The highest BCUT2D eigenvalue weighted by molar-refractivity contribution is 5.47. The van der Waals surface area contributed by atoms with Gasteiger partial charge in [0.1, 0.15) is 18.0 Å². The van der Waals surface area contributed by atoms with Crippen LogP contribution >= 0.6 is 0 Å². The van der Waals surface area contributed by atoms with Crippen LogP contribution in [0.4, 0.5) is 5.82 Å². The van der Waals surface area contributed by atoms with Gasteiger partial charge in [0.15, 0.2) is 0 Å². The van der Waals surface area contributed by atoms with E-state index in [4.69, 9.17) is 0 Å². The normalized spacial score (nSPS) is 16.2. The number of H-pyrrole nitrogens is 1. The molecule has 2 heterocycles. The molecule has 2 aromatic heterocycles. The molecule has 0 spiro atoms. The Balaban J connectivity index is 1.87. The van der Waals surface area contributed by atoms with Crippen molar-refractivity contribution >= 4 is 5.82 Å². The zero-order valence-electron chi connectivity index (χ0n) is 11.9. The molecule has 2 aromatic rings. The van der Waals surface area contributed by atoms with Crippen molar-refractivity contribution in [2.75, 3.05) is 5.32 Å². The Bertz CT molecular complexity index is 549. The van der Waals surface area contributed by atoms with Crippen LogP contribution in [0, 0.1) is 0 Å². The highest BCUT2D eigenvalue weighted by Gasteiger charge is 2.18. The summed E-state index contributed by atoms with van der Waals surface area (Å²) in [6.07, 6.45) is 12.2. The van der Waals surface area contributed by atoms with Gasteiger partial charge in [-0.1, -0.05) is 13.3 Å². The predicted octanol–water partition coefficient (Wildman–Crippen LogP) is 3.03. The monoisotopic (exact) mass is 271 g/mol. The van der Waals surface area contributed by atoms with Crippen LogP contribution in [0.5, 0.6) is 0 Å². The van der Waals surface area contributed by atoms with Crippen LogP contribution in [-0.2, 0) is 12.8 Å². The van der Waals surface area contributed by atoms with Crippen LogP contribution in [0.15, 0.2) is 18.7 Å². The maximum atomic E-state index is 4.47. The molecule has 1 unspecified atom stereocenters. The van der Waals surface area contributed by atoms with E-state index in [0.29, 0.717) is 0 Å². The van der Waals surface area contributed by atoms with Gasteiger partial charge in [0.05, 0.1) is 6.04 Å². The molecule has 2 N–H and O–H groups in total. The maximum absolute atomic E-state index is 4.47. The molecule has 5 heteroatoms. The molecule has 3 rings (SSSR count). The van der Waals surface area contributed by atoms with E-state index in [9.17, 15) is 0 Å². The molecule has 0 amide bonds. The number of rotatable bonds is 4. The van der Waals surface area contributed by atoms with Crippen molar-refractivity contribution in [2.45, 2.75) is 51.5 Å². The van der Waals surface area contributed by atoms with Crippen molar-refractivity contribution in [3.8, 4) is 0 Å². The second kappa shape index (κ2) is 6.03. The number of hydrogen-bond donors (Lipinski definition) is 2. The van der Waals surface area contributed by atoms with Gasteiger partial charge in [0.25, 0.3) is 0 Å². The summed E-state index contributed by atoms with van der Waals surface area (Å²) >= 11 is 0. The largest absolute Gasteiger partial charge is 0.360 e. The molecule has 5 nitrogen and oxygen atoms in total. The van der Waals surface area contributed by atoms with Gasteiger partial charge in [-0.25, -0.2) is 15.0 Å². The van der Waals surface area contributed by atoms with Crippen LogP contribution in [-0.4, -0.2) is 19.9 Å². The van der Waals surface area contributed by atoms with E-state index in [1.807, 2.05) is 6.20 Å². The summed E-state index contributed by atoms with van der Waals surface area (Å²) in [6.45, 7) is 2.15. The van der Waals surface area contributed by atoms with Gasteiger partial charge >= 0.3 is 0 Å². The molecule has 1 aliphatic rings. The molecular formula is C15H21N5. The first-order valence-electron chi connectivity index (χ1n) is 7.47. The molecule has 1 aliphatic carbocycles. The van der Waals surface area contributed by atoms with Crippen molar-refractivity contribution in [3.63, 3.8) is 0 Å². The Kier molecular flexibility index (Phi) is 3.95. The first-order chi connectivity index (χ1) is 9.88. The van der Waals surface area contributed by atoms with E-state index in [1.165, 1.54) is 30.5 Å². The second-order valence-corrected chi connectivity index (χ2v) is 5.29. The van der Waals surface area contributed by atoms with Crippen LogP contribution in [0.2, 0.25) is 0 Å². The molecule has 0 aliphatic heterocycles. The van der Waals surface area contributed by atoms with E-state index in [0.717, 1.165) is 30.9 Å². The van der Waals surface area contributed by atoms with Crippen molar-refractivity contribution in [1.29, 1.82) is 0 Å². The molecule has 106 valence electrons. The minimum Gasteiger partial charge on any atom is -0.360 e. The predicted molar refractivity (Wildman–Crippen MR) is 78.5 cm³/mol. The highest BCUT2D eigenvalue weighted by Crippen LogP contribution is 2.27. The molecular weight excluding hydrogens is 250 g/mol. The van der Waals surface area contributed by atoms with Gasteiger partial charge in [0.2, 0.25) is 0 Å². The third-order valence-electron chi connectivity index (χ3n) is 3.94. The van der Waals surface area contributed by atoms with Gasteiger partial charge in [-0.05, 0) is 32.1 Å². The summed E-state index contributed by atoms with van der Waals surface area (Å²) in [5.74, 6) is 1.95. The number of fused-ring (bicyclic) bond motifs is 1. The standard InChI is InChI=1S/C15H21N5/c1-2-12(15-16-8-9-17-15)20-14-11-6-4-3-5-7-13(11)18-10-19-14/h8-10,12H,2-7H2,1H3,(H,16,17)(H,18,19,20). The zero-order chi connectivity index (χ0) is 13.8. The van der Waals surface area contributed by atoms with E-state index < -0.39 is 0 Å². The zero-order valence-corrected chi connectivity index (χ0v) is 11.9. The smallest absolute Gasteiger partial charge is 0.133 e. The molecule has 20 heavy (non-hydrogen) atoms. The van der Waals surface area contributed by atoms with Crippen LogP contribution in [0.25, 0.3) is 0 Å². The fourth-order valence-electron chi connectivity index (χ4n) is 2.82. The SMILES string of the molecule is CCC(Nc1ncnc2c1CCCCC2)c1ncc[nH]1. The lowest BCUT2D eigenvalue weighted by atomic mass is 10.1. The number of aromatic amines is 1. The third kappa shape index (κ3) is 2.66. The fraction of sp³-hybridized carbons (Fsp3) is 0.533. The molecule has 0 bridgehead atoms. The summed E-state index contributed by atoms with van der Waals surface area (Å²) in [6, 6.07) is 0.173. The van der Waals surface area contributed by atoms with Gasteiger partial charge in [-0.2, -0.15) is 0 Å². The number of aromatic nitrogens is 4. The van der Waals surface area contributed by atoms with Gasteiger partial charge in [-0.3, -0.25) is 0 Å². The lowest BCUT2D eigenvalue weighted by molar-refractivity contribution is 0.694. The molecule has 0 saturated heterocycles. The average molecular weight is 271 g/mol. The summed E-state index contributed by atoms with van der Waals surface area (Å²) in [5, 5.41) is 3.54. The average Bonchev–Trinajstić information content (AvgIpc) is 2.89. The van der Waals surface area contributed by atoms with E-state index in [2.05, 4.69) is 32.2 Å². The lowest BCUT2D eigenvalue weighted by Crippen LogP contribution is -2.15. The molecule has 0 saturated carbocycles. The first kappa shape index (κ1) is 13.1. The Morgan fingerprint density at radius 2 is 2.10 bits per heavy atom. The topological polar surface area (TPSA) is 66.5 Å². The Labute approximate surface area is 119 Å². The maximum Gasteiger partial charge on any atom is 0.133 e. The van der Waals surface area contributed by atoms with Crippen LogP contribution in [0.1, 0.15) is 55.7 Å². The Hall–Kier alpha value is -1.91. The minimum absolute atomic E-state index is 0.173. The van der Waals surface area contributed by atoms with Crippen molar-refractivity contribution in [2.24, 2.45) is 0 Å². The van der Waals surface area contributed by atoms with Crippen molar-refractivity contribution < 1.29 is 0 Å². The molecule has 0 radical (unpaired) electrons. The van der Waals surface area contributed by atoms with Gasteiger partial charge in [-0.15, -0.1) is 0 Å². The first-order valence-corrected chi connectivity index (χ1v) is 7.47. The summed E-state index contributed by atoms with van der Waals surface area (Å²) in [5.41, 5.74) is 2.52. The Morgan fingerprint density at radius 3 is 2.90 bits per heavy atom. The molecule has 0 aromatic carbocycles. The second-order valence-electron chi connectivity index (χ2n) is 5.29. The number of anilines is 1. The fourth-order valence-corrected chi connectivity index (χ4v) is 2.82. The molecule has 0 fully saturated rings. The highest BCUT2D eigenvalue weighted by atomic mass is 15.1. The number of hydrogen-bond acceptors (Lipinski definition) is 4. The van der Waals surface area contributed by atoms with Gasteiger partial charge < -0.3 is 10.3 Å². The minimum atomic E-state index is 0.173. The number of aryl methyl sites for hydroxylation is 1. The van der Waals surface area contributed by atoms with Crippen LogP contribution in [0.3, 0.4) is 0 Å². The summed E-state index contributed by atoms with van der Waals surface area (Å²) in [4.78, 5) is 16.5. The number of imidazole rings is 1. The third-order valence-corrected chi connectivity index (χ3v) is 3.94. The summed E-state index contributed by atoms with van der Waals surface area (Å²) < 4.78 is 0. The van der Waals surface area contributed by atoms with E-state index in [1.54, 1.807) is 12.5 Å². The van der Waals surface area contributed by atoms with Crippen molar-refractivity contribution in [3.05, 3.63) is 35.8 Å². The van der Waals surface area contributed by atoms with E-state index >= 15 is 0 Å². The van der Waals surface area contributed by atoms with E-state index in [-0.39, 0.29) is 6.04 Å². The number of nitrogens with zero attached hydrogens (tertiary/aromatic N) is 3. The molecule has 1 atom stereocenters. The lowest BCUT2D eigenvalue weighted by Gasteiger charge is -2.18. The Morgan fingerprint density at radius 1 is 1.20 bits per heavy atom. The summed E-state index contributed by atoms with van der Waals surface area (Å²) in [7, 11) is 0.